The van der Waals surface area contributed by atoms with Gasteiger partial charge in [0, 0.05) is 0 Å². The van der Waals surface area contributed by atoms with E-state index in [-0.39, 0.29) is 5.82 Å². The van der Waals surface area contributed by atoms with Gasteiger partial charge in [-0.25, -0.2) is 0 Å². The summed E-state index contributed by atoms with van der Waals surface area (Å²) in [5, 5.41) is 0. The number of hydrogen-bond acceptors (Lipinski definition) is 1. The first kappa shape index (κ1) is 6.46. The van der Waals surface area contributed by atoms with Crippen LogP contribution >= 0.6 is 0 Å². The van der Waals surface area contributed by atoms with Gasteiger partial charge >= 0.3 is 0 Å². The largest absolute Gasteiger partial charge is 0.470 e. The topological polar surface area (TPSA) is 13.1 Å². The van der Waals surface area contributed by atoms with Crippen molar-refractivity contribution in [3.05, 3.63) is 23.7 Å². The molecule has 1 unspecified atom stereocenters. The van der Waals surface area contributed by atoms with Crippen LogP contribution in [0.1, 0.15) is 24.1 Å². The minimum atomic E-state index is 0.0127. The standard InChI is InChI=1S/C7H9BO/c1-5-3-7(6(2)8)9-4-5/h3-4,6H,1-2H3. The molecule has 1 atom stereocenters. The maximum absolute atomic E-state index is 5.53. The van der Waals surface area contributed by atoms with Gasteiger partial charge in [-0.05, 0) is 24.4 Å². The van der Waals surface area contributed by atoms with Crippen LogP contribution in [0.3, 0.4) is 0 Å². The lowest BCUT2D eigenvalue weighted by atomic mass is 9.87. The normalized spacial score (nSPS) is 13.6. The summed E-state index contributed by atoms with van der Waals surface area (Å²) in [5.41, 5.74) is 1.13. The molecule has 0 amide bonds. The van der Waals surface area contributed by atoms with E-state index in [1.54, 1.807) is 6.26 Å². The van der Waals surface area contributed by atoms with Crippen molar-refractivity contribution in [2.45, 2.75) is 19.7 Å². The summed E-state index contributed by atoms with van der Waals surface area (Å²) in [6.07, 6.45) is 1.71. The smallest absolute Gasteiger partial charge is 0.0977 e. The molecule has 0 spiro atoms. The van der Waals surface area contributed by atoms with Gasteiger partial charge in [0.15, 0.2) is 0 Å². The minimum Gasteiger partial charge on any atom is -0.470 e. The Kier molecular flexibility index (Phi) is 1.65. The van der Waals surface area contributed by atoms with Crippen LogP contribution in [0.15, 0.2) is 16.7 Å². The Hall–Kier alpha value is -0.655. The molecule has 1 aromatic rings. The van der Waals surface area contributed by atoms with E-state index in [9.17, 15) is 0 Å². The quantitative estimate of drug-likeness (QED) is 0.515. The predicted molar refractivity (Wildman–Crippen MR) is 37.6 cm³/mol. The highest BCUT2D eigenvalue weighted by Gasteiger charge is 2.00. The molecule has 1 aromatic heterocycles. The van der Waals surface area contributed by atoms with Crippen LogP contribution in [0.5, 0.6) is 0 Å². The average Bonchev–Trinajstić information content (AvgIpc) is 2.14. The lowest BCUT2D eigenvalue weighted by Crippen LogP contribution is -1.86. The van der Waals surface area contributed by atoms with Crippen molar-refractivity contribution >= 4 is 7.85 Å². The van der Waals surface area contributed by atoms with Crippen molar-refractivity contribution in [2.75, 3.05) is 0 Å². The molecule has 2 heteroatoms. The molecular weight excluding hydrogens is 111 g/mol. The third kappa shape index (κ3) is 1.38. The third-order valence-electron chi connectivity index (χ3n) is 1.20. The average molecular weight is 120 g/mol. The second-order valence-electron chi connectivity index (χ2n) is 2.32. The van der Waals surface area contributed by atoms with Gasteiger partial charge in [-0.3, -0.25) is 0 Å². The first-order valence-corrected chi connectivity index (χ1v) is 3.01. The Morgan fingerprint density at radius 1 is 1.67 bits per heavy atom. The Balaban J connectivity index is 2.85. The van der Waals surface area contributed by atoms with Crippen molar-refractivity contribution in [1.82, 2.24) is 0 Å². The molecule has 0 saturated carbocycles. The van der Waals surface area contributed by atoms with Crippen LogP contribution in [0.25, 0.3) is 0 Å². The second-order valence-corrected chi connectivity index (χ2v) is 2.32. The molecule has 0 aliphatic rings. The lowest BCUT2D eigenvalue weighted by Gasteiger charge is -1.95. The van der Waals surface area contributed by atoms with Crippen LogP contribution in [-0.2, 0) is 0 Å². The summed E-state index contributed by atoms with van der Waals surface area (Å²) < 4.78 is 5.10. The van der Waals surface area contributed by atoms with Gasteiger partial charge < -0.3 is 4.42 Å². The molecule has 0 saturated heterocycles. The maximum Gasteiger partial charge on any atom is 0.0977 e. The zero-order valence-electron chi connectivity index (χ0n) is 5.72. The van der Waals surface area contributed by atoms with E-state index >= 15 is 0 Å². The fourth-order valence-electron chi connectivity index (χ4n) is 0.692. The van der Waals surface area contributed by atoms with E-state index in [4.69, 9.17) is 12.3 Å². The zero-order valence-corrected chi connectivity index (χ0v) is 5.72. The van der Waals surface area contributed by atoms with Gasteiger partial charge in [-0.1, -0.05) is 6.92 Å². The summed E-state index contributed by atoms with van der Waals surface area (Å²) >= 11 is 0. The molecule has 0 aliphatic carbocycles. The number of aryl methyl sites for hydroxylation is 1. The Labute approximate surface area is 56.5 Å². The first-order chi connectivity index (χ1) is 4.20. The zero-order chi connectivity index (χ0) is 6.85. The van der Waals surface area contributed by atoms with E-state index in [0.29, 0.717) is 0 Å². The van der Waals surface area contributed by atoms with E-state index in [1.807, 2.05) is 19.9 Å². The van der Waals surface area contributed by atoms with Gasteiger partial charge in [-0.2, -0.15) is 0 Å². The number of rotatable bonds is 1. The van der Waals surface area contributed by atoms with Gasteiger partial charge in [-0.15, -0.1) is 0 Å². The van der Waals surface area contributed by atoms with E-state index in [0.717, 1.165) is 11.3 Å². The van der Waals surface area contributed by atoms with Crippen LogP contribution in [-0.4, -0.2) is 7.85 Å². The molecule has 0 aromatic carbocycles. The summed E-state index contributed by atoms with van der Waals surface area (Å²) in [6.45, 7) is 3.88. The van der Waals surface area contributed by atoms with Gasteiger partial charge in [0.05, 0.1) is 19.9 Å². The van der Waals surface area contributed by atoms with Crippen LogP contribution in [0.2, 0.25) is 0 Å². The minimum absolute atomic E-state index is 0.0127. The second kappa shape index (κ2) is 2.30. The van der Waals surface area contributed by atoms with Crippen molar-refractivity contribution in [3.63, 3.8) is 0 Å². The molecular formula is C7H9BO. The molecule has 1 heterocycles. The van der Waals surface area contributed by atoms with Gasteiger partial charge in [0.2, 0.25) is 0 Å². The van der Waals surface area contributed by atoms with E-state index in [2.05, 4.69) is 0 Å². The van der Waals surface area contributed by atoms with Gasteiger partial charge in [0.25, 0.3) is 0 Å². The Bertz CT molecular complexity index is 191. The Morgan fingerprint density at radius 2 is 2.33 bits per heavy atom. The molecule has 46 valence electrons. The molecule has 0 fully saturated rings. The highest BCUT2D eigenvalue weighted by molar-refractivity contribution is 6.11. The fraction of sp³-hybridized carbons (Fsp3) is 0.429. The van der Waals surface area contributed by atoms with Crippen molar-refractivity contribution in [3.8, 4) is 0 Å². The molecule has 1 nitrogen and oxygen atoms in total. The first-order valence-electron chi connectivity index (χ1n) is 3.01. The van der Waals surface area contributed by atoms with E-state index in [1.165, 1.54) is 0 Å². The Morgan fingerprint density at radius 3 is 2.56 bits per heavy atom. The van der Waals surface area contributed by atoms with Crippen molar-refractivity contribution < 1.29 is 4.42 Å². The molecule has 0 aliphatic heterocycles. The van der Waals surface area contributed by atoms with Crippen LogP contribution in [0, 0.1) is 6.92 Å². The monoisotopic (exact) mass is 120 g/mol. The van der Waals surface area contributed by atoms with E-state index < -0.39 is 0 Å². The predicted octanol–water partition coefficient (Wildman–Crippen LogP) is 1.82. The molecule has 0 N–H and O–H groups in total. The molecule has 1 rings (SSSR count). The fourth-order valence-corrected chi connectivity index (χ4v) is 0.692. The summed E-state index contributed by atoms with van der Waals surface area (Å²) in [4.78, 5) is 0. The highest BCUT2D eigenvalue weighted by Crippen LogP contribution is 2.13. The van der Waals surface area contributed by atoms with Crippen LogP contribution in [0.4, 0.5) is 0 Å². The summed E-state index contributed by atoms with van der Waals surface area (Å²) in [7, 11) is 5.53. The number of furan rings is 1. The molecule has 9 heavy (non-hydrogen) atoms. The van der Waals surface area contributed by atoms with Crippen molar-refractivity contribution in [1.29, 1.82) is 0 Å². The summed E-state index contributed by atoms with van der Waals surface area (Å²) in [6, 6.07) is 1.95. The number of hydrogen-bond donors (Lipinski definition) is 0. The SMILES string of the molecule is [B]C(C)c1cc(C)co1. The summed E-state index contributed by atoms with van der Waals surface area (Å²) in [5.74, 6) is 0.867. The molecule has 2 radical (unpaired) electrons. The molecule has 0 bridgehead atoms. The van der Waals surface area contributed by atoms with Crippen molar-refractivity contribution in [2.24, 2.45) is 0 Å². The van der Waals surface area contributed by atoms with Crippen LogP contribution < -0.4 is 0 Å². The van der Waals surface area contributed by atoms with Gasteiger partial charge in [0.1, 0.15) is 0 Å². The lowest BCUT2D eigenvalue weighted by molar-refractivity contribution is 0.509. The third-order valence-corrected chi connectivity index (χ3v) is 1.20. The maximum atomic E-state index is 5.53. The highest BCUT2D eigenvalue weighted by atomic mass is 16.3.